The van der Waals surface area contributed by atoms with E-state index in [2.05, 4.69) is 27.6 Å². The summed E-state index contributed by atoms with van der Waals surface area (Å²) in [6, 6.07) is 6.25. The zero-order chi connectivity index (χ0) is 13.5. The Morgan fingerprint density at radius 2 is 2.30 bits per heavy atom. The van der Waals surface area contributed by atoms with Crippen LogP contribution >= 0.6 is 0 Å². The molecule has 1 fully saturated rings. The van der Waals surface area contributed by atoms with Gasteiger partial charge in [0.05, 0.1) is 0 Å². The predicted molar refractivity (Wildman–Crippen MR) is 74.4 cm³/mol. The molecule has 1 N–H and O–H groups in total. The van der Waals surface area contributed by atoms with Crippen LogP contribution in [-0.2, 0) is 11.2 Å². The van der Waals surface area contributed by atoms with Gasteiger partial charge in [-0.1, -0.05) is 11.2 Å². The minimum absolute atomic E-state index is 0.0277. The van der Waals surface area contributed by atoms with Gasteiger partial charge in [0.25, 0.3) is 5.89 Å². The number of hydrogen-bond donors (Lipinski definition) is 1. The van der Waals surface area contributed by atoms with Crippen molar-refractivity contribution in [3.63, 3.8) is 0 Å². The average Bonchev–Trinajstić information content (AvgIpc) is 3.01. The lowest BCUT2D eigenvalue weighted by Crippen LogP contribution is -2.05. The van der Waals surface area contributed by atoms with Crippen LogP contribution < -0.4 is 5.32 Å². The molecule has 2 aromatic rings. The van der Waals surface area contributed by atoms with Crippen molar-refractivity contribution in [2.75, 3.05) is 19.0 Å². The number of methoxy groups -OCH3 is 1. The molecule has 2 aliphatic rings. The van der Waals surface area contributed by atoms with Crippen molar-refractivity contribution in [3.05, 3.63) is 29.6 Å². The number of nitrogens with zero attached hydrogens (tertiary/aromatic N) is 2. The molecule has 0 bridgehead atoms. The Balaban J connectivity index is 1.64. The Morgan fingerprint density at radius 3 is 3.10 bits per heavy atom. The normalized spacial score (nSPS) is 18.6. The fourth-order valence-corrected chi connectivity index (χ4v) is 2.80. The standard InChI is InChI=1S/C15H17N3O2/c1-19-13(10-3-4-10)14-17-15(20-18-14)11-5-2-9-6-7-16-12(9)8-11/h2,5,8,10,13,16H,3-4,6-7H2,1H3. The van der Waals surface area contributed by atoms with Gasteiger partial charge in [-0.3, -0.25) is 0 Å². The number of fused-ring (bicyclic) bond motifs is 1. The van der Waals surface area contributed by atoms with E-state index in [9.17, 15) is 0 Å². The fourth-order valence-electron chi connectivity index (χ4n) is 2.80. The van der Waals surface area contributed by atoms with Crippen LogP contribution in [0.2, 0.25) is 0 Å². The van der Waals surface area contributed by atoms with Crippen LogP contribution in [0.4, 0.5) is 5.69 Å². The molecule has 0 amide bonds. The Labute approximate surface area is 117 Å². The van der Waals surface area contributed by atoms with E-state index in [1.807, 2.05) is 6.07 Å². The molecule has 0 radical (unpaired) electrons. The highest BCUT2D eigenvalue weighted by Gasteiger charge is 2.35. The third-order valence-corrected chi connectivity index (χ3v) is 4.07. The zero-order valence-corrected chi connectivity index (χ0v) is 11.4. The van der Waals surface area contributed by atoms with E-state index >= 15 is 0 Å². The van der Waals surface area contributed by atoms with Gasteiger partial charge in [0.1, 0.15) is 6.10 Å². The highest BCUT2D eigenvalue weighted by atomic mass is 16.5. The van der Waals surface area contributed by atoms with Crippen molar-refractivity contribution in [1.82, 2.24) is 10.1 Å². The molecular formula is C15H17N3O2. The predicted octanol–water partition coefficient (Wildman–Crippen LogP) is 2.80. The van der Waals surface area contributed by atoms with Gasteiger partial charge in [-0.2, -0.15) is 4.98 Å². The Bertz CT molecular complexity index is 634. The van der Waals surface area contributed by atoms with E-state index in [-0.39, 0.29) is 6.10 Å². The van der Waals surface area contributed by atoms with Crippen LogP contribution in [0.1, 0.15) is 30.3 Å². The Hall–Kier alpha value is -1.88. The summed E-state index contributed by atoms with van der Waals surface area (Å²) in [5, 5.41) is 7.45. The lowest BCUT2D eigenvalue weighted by Gasteiger charge is -2.08. The Kier molecular flexibility index (Phi) is 2.73. The minimum atomic E-state index is -0.0277. The molecule has 1 aliphatic heterocycles. The second-order valence-electron chi connectivity index (χ2n) is 5.50. The molecule has 5 heteroatoms. The Morgan fingerprint density at radius 1 is 1.40 bits per heavy atom. The van der Waals surface area contributed by atoms with E-state index in [1.165, 1.54) is 24.1 Å². The number of anilines is 1. The van der Waals surface area contributed by atoms with Crippen LogP contribution in [0.15, 0.2) is 22.7 Å². The number of rotatable bonds is 4. The highest BCUT2D eigenvalue weighted by Crippen LogP contribution is 2.42. The van der Waals surface area contributed by atoms with E-state index in [4.69, 9.17) is 9.26 Å². The van der Waals surface area contributed by atoms with E-state index in [0.717, 1.165) is 18.5 Å². The summed E-state index contributed by atoms with van der Waals surface area (Å²) in [4.78, 5) is 4.51. The second kappa shape index (κ2) is 4.59. The SMILES string of the molecule is COC(c1noc(-c2ccc3c(c2)NCC3)n1)C1CC1. The summed E-state index contributed by atoms with van der Waals surface area (Å²) in [6.45, 7) is 1.00. The van der Waals surface area contributed by atoms with Crippen LogP contribution in [0.25, 0.3) is 11.5 Å². The molecule has 104 valence electrons. The first-order valence-corrected chi connectivity index (χ1v) is 7.09. The molecule has 1 aliphatic carbocycles. The topological polar surface area (TPSA) is 60.2 Å². The van der Waals surface area contributed by atoms with Gasteiger partial charge in [-0.15, -0.1) is 0 Å². The van der Waals surface area contributed by atoms with Crippen molar-refractivity contribution >= 4 is 5.69 Å². The average molecular weight is 271 g/mol. The third-order valence-electron chi connectivity index (χ3n) is 4.07. The molecule has 0 spiro atoms. The molecule has 1 atom stereocenters. The van der Waals surface area contributed by atoms with Gasteiger partial charge < -0.3 is 14.6 Å². The van der Waals surface area contributed by atoms with E-state index in [1.54, 1.807) is 7.11 Å². The maximum atomic E-state index is 5.49. The molecule has 1 saturated carbocycles. The van der Waals surface area contributed by atoms with Crippen molar-refractivity contribution in [2.45, 2.75) is 25.4 Å². The van der Waals surface area contributed by atoms with Crippen molar-refractivity contribution in [1.29, 1.82) is 0 Å². The summed E-state index contributed by atoms with van der Waals surface area (Å²) in [6.07, 6.45) is 3.43. The van der Waals surface area contributed by atoms with Crippen molar-refractivity contribution in [2.24, 2.45) is 5.92 Å². The lowest BCUT2D eigenvalue weighted by molar-refractivity contribution is 0.0751. The minimum Gasteiger partial charge on any atom is -0.384 e. The maximum absolute atomic E-state index is 5.49. The smallest absolute Gasteiger partial charge is 0.258 e. The summed E-state index contributed by atoms with van der Waals surface area (Å²) in [5.74, 6) is 1.78. The van der Waals surface area contributed by atoms with Gasteiger partial charge in [-0.25, -0.2) is 0 Å². The van der Waals surface area contributed by atoms with Gasteiger partial charge >= 0.3 is 0 Å². The van der Waals surface area contributed by atoms with Crippen LogP contribution in [0.3, 0.4) is 0 Å². The van der Waals surface area contributed by atoms with Gasteiger partial charge in [0, 0.05) is 24.9 Å². The first-order valence-electron chi connectivity index (χ1n) is 7.09. The van der Waals surface area contributed by atoms with Crippen LogP contribution in [-0.4, -0.2) is 23.8 Å². The van der Waals surface area contributed by atoms with Gasteiger partial charge in [-0.05, 0) is 42.9 Å². The summed E-state index contributed by atoms with van der Waals surface area (Å²) >= 11 is 0. The monoisotopic (exact) mass is 271 g/mol. The molecule has 1 aromatic carbocycles. The van der Waals surface area contributed by atoms with E-state index in [0.29, 0.717) is 17.6 Å². The summed E-state index contributed by atoms with van der Waals surface area (Å²) < 4.78 is 10.9. The van der Waals surface area contributed by atoms with Crippen LogP contribution in [0.5, 0.6) is 0 Å². The molecular weight excluding hydrogens is 254 g/mol. The molecule has 1 unspecified atom stereocenters. The van der Waals surface area contributed by atoms with Gasteiger partial charge in [0.2, 0.25) is 5.82 Å². The highest BCUT2D eigenvalue weighted by molar-refractivity contribution is 5.66. The largest absolute Gasteiger partial charge is 0.384 e. The number of nitrogens with one attached hydrogen (secondary N) is 1. The first-order chi connectivity index (χ1) is 9.85. The molecule has 1 aromatic heterocycles. The fraction of sp³-hybridized carbons (Fsp3) is 0.467. The summed E-state index contributed by atoms with van der Waals surface area (Å²) in [5.41, 5.74) is 3.48. The second-order valence-corrected chi connectivity index (χ2v) is 5.50. The number of hydrogen-bond acceptors (Lipinski definition) is 5. The quantitative estimate of drug-likeness (QED) is 0.926. The van der Waals surface area contributed by atoms with Gasteiger partial charge in [0.15, 0.2) is 0 Å². The zero-order valence-electron chi connectivity index (χ0n) is 11.4. The summed E-state index contributed by atoms with van der Waals surface area (Å²) in [7, 11) is 1.71. The molecule has 5 nitrogen and oxygen atoms in total. The first kappa shape index (κ1) is 11.9. The lowest BCUT2D eigenvalue weighted by atomic mass is 10.1. The maximum Gasteiger partial charge on any atom is 0.258 e. The van der Waals surface area contributed by atoms with Crippen LogP contribution in [0, 0.1) is 5.92 Å². The van der Waals surface area contributed by atoms with Crippen molar-refractivity contribution in [3.8, 4) is 11.5 Å². The molecule has 0 saturated heterocycles. The van der Waals surface area contributed by atoms with Crippen molar-refractivity contribution < 1.29 is 9.26 Å². The number of benzene rings is 1. The molecule has 2 heterocycles. The van der Waals surface area contributed by atoms with E-state index < -0.39 is 0 Å². The molecule has 20 heavy (non-hydrogen) atoms. The third kappa shape index (κ3) is 1.98. The number of ether oxygens (including phenoxy) is 1. The number of aromatic nitrogens is 2. The molecule has 4 rings (SSSR count).